The predicted octanol–water partition coefficient (Wildman–Crippen LogP) is 1.27. The maximum Gasteiger partial charge on any atom is 0.332 e. The van der Waals surface area contributed by atoms with Crippen molar-refractivity contribution in [2.24, 2.45) is 0 Å². The molecule has 9 nitrogen and oxygen atoms in total. The van der Waals surface area contributed by atoms with E-state index in [1.54, 1.807) is 12.1 Å². The third-order valence-electron chi connectivity index (χ3n) is 4.02. The Kier molecular flexibility index (Phi) is 4.44. The number of cyclic esters (lactones) is 1. The van der Waals surface area contributed by atoms with Crippen LogP contribution in [-0.4, -0.2) is 39.2 Å². The van der Waals surface area contributed by atoms with Gasteiger partial charge in [0.2, 0.25) is 0 Å². The highest BCUT2D eigenvalue weighted by molar-refractivity contribution is 6.00. The lowest BCUT2D eigenvalue weighted by atomic mass is 9.97. The van der Waals surface area contributed by atoms with Gasteiger partial charge in [-0.25, -0.2) is 4.79 Å². The number of aromatic hydroxyl groups is 2. The number of para-hydroxylation sites is 1. The number of phenolic OH excluding ortho intramolecular Hbond substituents is 2. The van der Waals surface area contributed by atoms with Crippen molar-refractivity contribution in [3.05, 3.63) is 63.7 Å². The minimum absolute atomic E-state index is 0.0523. The second kappa shape index (κ2) is 6.71. The monoisotopic (exact) mass is 358 g/mol. The number of nitro groups is 1. The number of benzene rings is 2. The van der Waals surface area contributed by atoms with Crippen molar-refractivity contribution in [3.63, 3.8) is 0 Å². The van der Waals surface area contributed by atoms with E-state index in [0.29, 0.717) is 5.56 Å². The van der Waals surface area contributed by atoms with Crippen LogP contribution in [0.4, 0.5) is 5.69 Å². The van der Waals surface area contributed by atoms with Gasteiger partial charge in [0, 0.05) is 18.6 Å². The summed E-state index contributed by atoms with van der Waals surface area (Å²) >= 11 is 0. The average Bonchev–Trinajstić information content (AvgIpc) is 2.62. The first-order valence-electron chi connectivity index (χ1n) is 7.62. The summed E-state index contributed by atoms with van der Waals surface area (Å²) in [6.07, 6.45) is -0.367. The molecule has 2 atom stereocenters. The van der Waals surface area contributed by atoms with Gasteiger partial charge in [-0.1, -0.05) is 18.2 Å². The molecule has 26 heavy (non-hydrogen) atoms. The lowest BCUT2D eigenvalue weighted by Gasteiger charge is -2.35. The fraction of sp³-hybridized carbons (Fsp3) is 0.176. The normalized spacial score (nSPS) is 18.5. The highest BCUT2D eigenvalue weighted by atomic mass is 16.6. The Morgan fingerprint density at radius 1 is 1.19 bits per heavy atom. The molecule has 2 aromatic carbocycles. The SMILES string of the molecule is O=C(N[C@@H]1C(=O)O[C@@H]1Cc1ccc([N+](=O)[O-])cc1)c1cccc(O)c1O. The van der Waals surface area contributed by atoms with Gasteiger partial charge in [0.25, 0.3) is 11.6 Å². The third-order valence-corrected chi connectivity index (χ3v) is 4.02. The molecule has 2 aromatic rings. The summed E-state index contributed by atoms with van der Waals surface area (Å²) in [6.45, 7) is 0. The van der Waals surface area contributed by atoms with Gasteiger partial charge < -0.3 is 20.3 Å². The first-order chi connectivity index (χ1) is 12.4. The van der Waals surface area contributed by atoms with Crippen molar-refractivity contribution < 1.29 is 29.5 Å². The van der Waals surface area contributed by atoms with Crippen LogP contribution in [0.25, 0.3) is 0 Å². The van der Waals surface area contributed by atoms with Crippen LogP contribution in [0, 0.1) is 10.1 Å². The van der Waals surface area contributed by atoms with Crippen molar-refractivity contribution in [1.29, 1.82) is 0 Å². The summed E-state index contributed by atoms with van der Waals surface area (Å²) in [5.41, 5.74) is 0.481. The van der Waals surface area contributed by atoms with Crippen LogP contribution in [0.5, 0.6) is 11.5 Å². The number of non-ortho nitro benzene ring substituents is 1. The molecule has 0 aromatic heterocycles. The Balaban J connectivity index is 1.67. The van der Waals surface area contributed by atoms with E-state index in [2.05, 4.69) is 5.32 Å². The molecule has 1 saturated heterocycles. The first-order valence-corrected chi connectivity index (χ1v) is 7.62. The molecule has 0 bridgehead atoms. The number of nitrogens with one attached hydrogen (secondary N) is 1. The number of phenols is 2. The number of amides is 1. The highest BCUT2D eigenvalue weighted by Gasteiger charge is 2.43. The van der Waals surface area contributed by atoms with Crippen molar-refractivity contribution in [2.45, 2.75) is 18.6 Å². The van der Waals surface area contributed by atoms with Crippen molar-refractivity contribution in [2.75, 3.05) is 0 Å². The molecule has 0 saturated carbocycles. The van der Waals surface area contributed by atoms with E-state index in [1.807, 2.05) is 0 Å². The predicted molar refractivity (Wildman–Crippen MR) is 87.7 cm³/mol. The fourth-order valence-corrected chi connectivity index (χ4v) is 2.60. The number of carbonyl (C=O) groups excluding carboxylic acids is 2. The maximum absolute atomic E-state index is 12.2. The number of nitrogens with zero attached hydrogens (tertiary/aromatic N) is 1. The van der Waals surface area contributed by atoms with Gasteiger partial charge in [-0.2, -0.15) is 0 Å². The van der Waals surface area contributed by atoms with Crippen molar-refractivity contribution in [3.8, 4) is 11.5 Å². The topological polar surface area (TPSA) is 139 Å². The molecule has 3 rings (SSSR count). The lowest BCUT2D eigenvalue weighted by molar-refractivity contribution is -0.384. The molecular weight excluding hydrogens is 344 g/mol. The minimum atomic E-state index is -0.917. The quantitative estimate of drug-likeness (QED) is 0.316. The number of hydrogen-bond acceptors (Lipinski definition) is 7. The van der Waals surface area contributed by atoms with E-state index < -0.39 is 40.4 Å². The van der Waals surface area contributed by atoms with E-state index in [9.17, 15) is 29.9 Å². The molecular formula is C17H14N2O7. The molecule has 1 aliphatic heterocycles. The maximum atomic E-state index is 12.2. The second-order valence-corrected chi connectivity index (χ2v) is 5.73. The van der Waals surface area contributed by atoms with Gasteiger partial charge >= 0.3 is 5.97 Å². The number of nitro benzene ring substituents is 1. The van der Waals surface area contributed by atoms with Crippen LogP contribution in [0.2, 0.25) is 0 Å². The molecule has 0 spiro atoms. The van der Waals surface area contributed by atoms with Gasteiger partial charge in [0.05, 0.1) is 10.5 Å². The Bertz CT molecular complexity index is 879. The van der Waals surface area contributed by atoms with E-state index in [-0.39, 0.29) is 17.7 Å². The standard InChI is InChI=1S/C17H14N2O7/c20-12-3-1-2-11(15(12)21)16(22)18-14-13(26-17(14)23)8-9-4-6-10(7-5-9)19(24)25/h1-7,13-14,20-21H,8H2,(H,18,22)/t13-,14+/m1/s1. The van der Waals surface area contributed by atoms with Crippen LogP contribution in [0.1, 0.15) is 15.9 Å². The summed E-state index contributed by atoms with van der Waals surface area (Å²) in [4.78, 5) is 34.0. The van der Waals surface area contributed by atoms with E-state index >= 15 is 0 Å². The van der Waals surface area contributed by atoms with Gasteiger partial charge in [0.1, 0.15) is 6.10 Å². The Hall–Kier alpha value is -3.62. The summed E-state index contributed by atoms with van der Waals surface area (Å²) < 4.78 is 5.02. The zero-order valence-corrected chi connectivity index (χ0v) is 13.3. The van der Waals surface area contributed by atoms with Crippen molar-refractivity contribution >= 4 is 17.6 Å². The molecule has 0 aliphatic carbocycles. The number of carbonyl (C=O) groups is 2. The number of esters is 1. The van der Waals surface area contributed by atoms with Gasteiger partial charge in [-0.05, 0) is 17.7 Å². The zero-order valence-electron chi connectivity index (χ0n) is 13.3. The van der Waals surface area contributed by atoms with Gasteiger partial charge in [-0.15, -0.1) is 0 Å². The van der Waals surface area contributed by atoms with E-state index in [1.165, 1.54) is 30.3 Å². The summed E-state index contributed by atoms with van der Waals surface area (Å²) in [7, 11) is 0. The van der Waals surface area contributed by atoms with Gasteiger partial charge in [0.15, 0.2) is 17.5 Å². The molecule has 1 heterocycles. The molecule has 0 radical (unpaired) electrons. The van der Waals surface area contributed by atoms with E-state index in [0.717, 1.165) is 0 Å². The zero-order chi connectivity index (χ0) is 18.8. The molecule has 134 valence electrons. The highest BCUT2D eigenvalue weighted by Crippen LogP contribution is 2.29. The molecule has 1 aliphatic rings. The Morgan fingerprint density at radius 2 is 1.88 bits per heavy atom. The molecule has 1 amide bonds. The van der Waals surface area contributed by atoms with Crippen LogP contribution < -0.4 is 5.32 Å². The van der Waals surface area contributed by atoms with Crippen LogP contribution in [0.15, 0.2) is 42.5 Å². The molecule has 1 fully saturated rings. The number of rotatable bonds is 5. The fourth-order valence-electron chi connectivity index (χ4n) is 2.60. The van der Waals surface area contributed by atoms with E-state index in [4.69, 9.17) is 4.74 Å². The summed E-state index contributed by atoms with van der Waals surface area (Å²) in [5, 5.41) is 32.3. The Labute approximate surface area is 147 Å². The smallest absolute Gasteiger partial charge is 0.332 e. The number of ether oxygens (including phenoxy) is 1. The van der Waals surface area contributed by atoms with Crippen LogP contribution in [-0.2, 0) is 16.0 Å². The van der Waals surface area contributed by atoms with Gasteiger partial charge in [-0.3, -0.25) is 14.9 Å². The van der Waals surface area contributed by atoms with Crippen molar-refractivity contribution in [1.82, 2.24) is 5.32 Å². The number of hydrogen-bond donors (Lipinski definition) is 3. The largest absolute Gasteiger partial charge is 0.504 e. The Morgan fingerprint density at radius 3 is 2.50 bits per heavy atom. The average molecular weight is 358 g/mol. The first kappa shape index (κ1) is 17.2. The summed E-state index contributed by atoms with van der Waals surface area (Å²) in [6, 6.07) is 8.77. The molecule has 3 N–H and O–H groups in total. The third kappa shape index (κ3) is 3.27. The molecule has 0 unspecified atom stereocenters. The minimum Gasteiger partial charge on any atom is -0.504 e. The summed E-state index contributed by atoms with van der Waals surface area (Å²) in [5.74, 6) is -2.38. The lowest BCUT2D eigenvalue weighted by Crippen LogP contribution is -2.60. The van der Waals surface area contributed by atoms with Crippen LogP contribution >= 0.6 is 0 Å². The molecule has 9 heteroatoms. The van der Waals surface area contributed by atoms with Crippen LogP contribution in [0.3, 0.4) is 0 Å². The second-order valence-electron chi connectivity index (χ2n) is 5.73.